The molecule has 1 aromatic rings. The SMILES string of the molecule is CCCCN1C(=O)C(=C2C=C(C(C)(C)C)c3cc4c5c(c3O2)CCN5CC4)C(=O)N(CCCC)C1=S. The third-order valence-electron chi connectivity index (χ3n) is 7.71. The summed E-state index contributed by atoms with van der Waals surface area (Å²) < 4.78 is 6.59. The molecule has 36 heavy (non-hydrogen) atoms. The Hall–Kier alpha value is -2.67. The molecule has 0 atom stereocenters. The van der Waals surface area contributed by atoms with Gasteiger partial charge in [-0.3, -0.25) is 19.4 Å². The van der Waals surface area contributed by atoms with Crippen molar-refractivity contribution in [3.8, 4) is 5.75 Å². The lowest BCUT2D eigenvalue weighted by atomic mass is 9.78. The Labute approximate surface area is 219 Å². The molecule has 4 aliphatic heterocycles. The van der Waals surface area contributed by atoms with Gasteiger partial charge in [0, 0.05) is 43.0 Å². The molecular weight excluding hydrogens is 470 g/mol. The maximum atomic E-state index is 13.8. The van der Waals surface area contributed by atoms with Gasteiger partial charge in [-0.1, -0.05) is 47.5 Å². The van der Waals surface area contributed by atoms with E-state index in [1.54, 1.807) is 9.80 Å². The highest BCUT2D eigenvalue weighted by Gasteiger charge is 2.43. The van der Waals surface area contributed by atoms with Gasteiger partial charge in [0.1, 0.15) is 17.1 Å². The third kappa shape index (κ3) is 3.96. The van der Waals surface area contributed by atoms with E-state index in [-0.39, 0.29) is 22.8 Å². The number of hydrogen-bond acceptors (Lipinski definition) is 5. The van der Waals surface area contributed by atoms with E-state index in [0.29, 0.717) is 24.0 Å². The van der Waals surface area contributed by atoms with E-state index in [1.165, 1.54) is 16.8 Å². The predicted octanol–water partition coefficient (Wildman–Crippen LogP) is 5.24. The van der Waals surface area contributed by atoms with Crippen molar-refractivity contribution in [2.75, 3.05) is 31.1 Å². The first-order valence-corrected chi connectivity index (χ1v) is 13.8. The van der Waals surface area contributed by atoms with Crippen LogP contribution in [-0.2, 0) is 22.4 Å². The molecule has 0 aromatic heterocycles. The van der Waals surface area contributed by atoms with Crippen molar-refractivity contribution >= 4 is 40.4 Å². The van der Waals surface area contributed by atoms with Crippen molar-refractivity contribution in [2.24, 2.45) is 5.41 Å². The first kappa shape index (κ1) is 25.0. The van der Waals surface area contributed by atoms with Gasteiger partial charge in [-0.05, 0) is 66.6 Å². The van der Waals surface area contributed by atoms with E-state index in [9.17, 15) is 9.59 Å². The highest BCUT2D eigenvalue weighted by molar-refractivity contribution is 7.80. The molecule has 0 bridgehead atoms. The summed E-state index contributed by atoms with van der Waals surface area (Å²) in [7, 11) is 0. The smallest absolute Gasteiger partial charge is 0.269 e. The van der Waals surface area contributed by atoms with Crippen LogP contribution in [0.3, 0.4) is 0 Å². The highest BCUT2D eigenvalue weighted by atomic mass is 32.1. The number of anilines is 1. The molecule has 4 heterocycles. The summed E-state index contributed by atoms with van der Waals surface area (Å²) in [5, 5.41) is 0.319. The average Bonchev–Trinajstić information content (AvgIpc) is 3.44. The van der Waals surface area contributed by atoms with E-state index in [1.807, 2.05) is 6.08 Å². The van der Waals surface area contributed by atoms with Crippen LogP contribution in [0.5, 0.6) is 5.75 Å². The molecule has 4 aliphatic rings. The summed E-state index contributed by atoms with van der Waals surface area (Å²) >= 11 is 5.65. The molecule has 1 fully saturated rings. The molecule has 0 aliphatic carbocycles. The second-order valence-corrected chi connectivity index (χ2v) is 11.6. The van der Waals surface area contributed by atoms with Gasteiger partial charge >= 0.3 is 0 Å². The molecular formula is C29H37N3O3S. The Bertz CT molecular complexity index is 1180. The second kappa shape index (κ2) is 9.33. The molecule has 1 aromatic carbocycles. The fraction of sp³-hybridized carbons (Fsp3) is 0.552. The Morgan fingerprint density at radius 1 is 0.972 bits per heavy atom. The zero-order valence-electron chi connectivity index (χ0n) is 22.2. The number of allylic oxidation sites excluding steroid dienone is 2. The van der Waals surface area contributed by atoms with Gasteiger partial charge in [0.25, 0.3) is 11.8 Å². The van der Waals surface area contributed by atoms with Crippen LogP contribution < -0.4 is 9.64 Å². The van der Waals surface area contributed by atoms with Crippen LogP contribution in [-0.4, -0.2) is 52.9 Å². The van der Waals surface area contributed by atoms with Crippen molar-refractivity contribution in [3.05, 3.63) is 40.2 Å². The number of ether oxygens (including phenoxy) is 1. The monoisotopic (exact) mass is 507 g/mol. The minimum atomic E-state index is -0.339. The summed E-state index contributed by atoms with van der Waals surface area (Å²) in [6, 6.07) is 2.28. The van der Waals surface area contributed by atoms with Crippen LogP contribution in [0.25, 0.3) is 5.57 Å². The first-order valence-electron chi connectivity index (χ1n) is 13.4. The third-order valence-corrected chi connectivity index (χ3v) is 8.15. The lowest BCUT2D eigenvalue weighted by molar-refractivity contribution is -0.134. The minimum Gasteiger partial charge on any atom is -0.455 e. The summed E-state index contributed by atoms with van der Waals surface area (Å²) in [6.07, 6.45) is 7.43. The molecule has 7 heteroatoms. The summed E-state index contributed by atoms with van der Waals surface area (Å²) in [4.78, 5) is 33.2. The molecule has 5 rings (SSSR count). The van der Waals surface area contributed by atoms with E-state index >= 15 is 0 Å². The molecule has 0 unspecified atom stereocenters. The zero-order valence-corrected chi connectivity index (χ0v) is 23.0. The normalized spacial score (nSPS) is 19.2. The van der Waals surface area contributed by atoms with Crippen molar-refractivity contribution in [3.63, 3.8) is 0 Å². The fourth-order valence-electron chi connectivity index (χ4n) is 5.75. The molecule has 1 saturated heterocycles. The Morgan fingerprint density at radius 2 is 1.58 bits per heavy atom. The van der Waals surface area contributed by atoms with E-state index in [2.05, 4.69) is 45.6 Å². The van der Waals surface area contributed by atoms with Crippen LogP contribution in [0.4, 0.5) is 5.69 Å². The van der Waals surface area contributed by atoms with Crippen molar-refractivity contribution in [1.29, 1.82) is 0 Å². The van der Waals surface area contributed by atoms with Crippen LogP contribution in [0, 0.1) is 5.41 Å². The number of rotatable bonds is 6. The minimum absolute atomic E-state index is 0.103. The first-order chi connectivity index (χ1) is 17.2. The molecule has 2 amide bonds. The molecule has 0 saturated carbocycles. The van der Waals surface area contributed by atoms with E-state index in [0.717, 1.165) is 68.5 Å². The van der Waals surface area contributed by atoms with Crippen molar-refractivity contribution in [1.82, 2.24) is 9.80 Å². The standard InChI is InChI=1S/C29H37N3O3S/c1-6-8-12-31-26(33)23(27(34)32(28(31)36)13-9-7-2)22-17-21(29(3,4)5)20-16-18-10-14-30-15-11-19(24(18)30)25(20)35-22/h16-17H,6-15H2,1-5H3. The van der Waals surface area contributed by atoms with Gasteiger partial charge in [0.15, 0.2) is 5.11 Å². The van der Waals surface area contributed by atoms with E-state index < -0.39 is 0 Å². The highest BCUT2D eigenvalue weighted by Crippen LogP contribution is 2.51. The van der Waals surface area contributed by atoms with Gasteiger partial charge in [-0.25, -0.2) is 0 Å². The van der Waals surface area contributed by atoms with Gasteiger partial charge in [-0.15, -0.1) is 0 Å². The van der Waals surface area contributed by atoms with Gasteiger partial charge < -0.3 is 9.64 Å². The Morgan fingerprint density at radius 3 is 2.17 bits per heavy atom. The number of hydrogen-bond donors (Lipinski definition) is 0. The Kier molecular flexibility index (Phi) is 6.48. The number of amides is 2. The molecule has 6 nitrogen and oxygen atoms in total. The maximum absolute atomic E-state index is 13.8. The van der Waals surface area contributed by atoms with Gasteiger partial charge in [0.05, 0.1) is 0 Å². The number of benzene rings is 1. The summed E-state index contributed by atoms with van der Waals surface area (Å²) in [5.74, 6) is 0.504. The number of thiocarbonyl (C=S) groups is 1. The molecule has 192 valence electrons. The summed E-state index contributed by atoms with van der Waals surface area (Å²) in [5.41, 5.74) is 6.00. The quantitative estimate of drug-likeness (QED) is 0.300. The number of nitrogens with zero attached hydrogens (tertiary/aromatic N) is 3. The fourth-order valence-corrected chi connectivity index (χ4v) is 6.10. The number of fused-ring (bicyclic) bond motifs is 2. The lowest BCUT2D eigenvalue weighted by Crippen LogP contribution is -2.57. The predicted molar refractivity (Wildman–Crippen MR) is 147 cm³/mol. The topological polar surface area (TPSA) is 53.1 Å². The molecule has 0 N–H and O–H groups in total. The number of carbonyl (C=O) groups is 2. The van der Waals surface area contributed by atoms with E-state index in [4.69, 9.17) is 17.0 Å². The number of carbonyl (C=O) groups excluding carboxylic acids is 2. The maximum Gasteiger partial charge on any atom is 0.269 e. The lowest BCUT2D eigenvalue weighted by Gasteiger charge is -2.38. The van der Waals surface area contributed by atoms with Crippen molar-refractivity contribution < 1.29 is 14.3 Å². The van der Waals surface area contributed by atoms with Gasteiger partial charge in [0.2, 0.25) is 0 Å². The van der Waals surface area contributed by atoms with Crippen LogP contribution in [0.2, 0.25) is 0 Å². The number of unbranched alkanes of at least 4 members (excludes halogenated alkanes) is 2. The zero-order chi connectivity index (χ0) is 25.8. The van der Waals surface area contributed by atoms with Crippen LogP contribution in [0.1, 0.15) is 77.0 Å². The molecule has 0 radical (unpaired) electrons. The molecule has 0 spiro atoms. The van der Waals surface area contributed by atoms with Crippen LogP contribution >= 0.6 is 12.2 Å². The van der Waals surface area contributed by atoms with Gasteiger partial charge in [-0.2, -0.15) is 0 Å². The van der Waals surface area contributed by atoms with Crippen molar-refractivity contribution in [2.45, 2.75) is 73.1 Å². The van der Waals surface area contributed by atoms with Crippen LogP contribution in [0.15, 0.2) is 23.5 Å². The second-order valence-electron chi connectivity index (χ2n) is 11.3. The largest absolute Gasteiger partial charge is 0.455 e. The Balaban J connectivity index is 1.68. The summed E-state index contributed by atoms with van der Waals surface area (Å²) in [6.45, 7) is 13.7. The average molecular weight is 508 g/mol.